The quantitative estimate of drug-likeness (QED) is 0.767. The van der Waals surface area contributed by atoms with Crippen LogP contribution in [0, 0.1) is 5.92 Å². The summed E-state index contributed by atoms with van der Waals surface area (Å²) in [5, 5.41) is 5.72. The standard InChI is InChI=1S/C20H27N5O/c1-3-25-19(22-23(2)20(25)26)12-15-8-10-24(11-9-15)14-17-13-16-6-4-5-7-18(16)21-17/h4-7,13,15,21H,3,8-12,14H2,1-2H3. The van der Waals surface area contributed by atoms with Crippen LogP contribution in [0.15, 0.2) is 35.1 Å². The summed E-state index contributed by atoms with van der Waals surface area (Å²) >= 11 is 0. The van der Waals surface area contributed by atoms with Gasteiger partial charge in [0.05, 0.1) is 0 Å². The molecule has 0 aliphatic carbocycles. The van der Waals surface area contributed by atoms with Crippen LogP contribution in [0.3, 0.4) is 0 Å². The molecule has 1 aliphatic rings. The summed E-state index contributed by atoms with van der Waals surface area (Å²) in [6.07, 6.45) is 3.23. The van der Waals surface area contributed by atoms with Gasteiger partial charge in [-0.2, -0.15) is 5.10 Å². The molecule has 0 bridgehead atoms. The molecular weight excluding hydrogens is 326 g/mol. The van der Waals surface area contributed by atoms with Crippen molar-refractivity contribution in [2.75, 3.05) is 13.1 Å². The molecule has 0 radical (unpaired) electrons. The van der Waals surface area contributed by atoms with Gasteiger partial charge in [0.1, 0.15) is 5.82 Å². The molecule has 1 aliphatic heterocycles. The lowest BCUT2D eigenvalue weighted by Crippen LogP contribution is -2.34. The first-order chi connectivity index (χ1) is 12.6. The fourth-order valence-electron chi connectivity index (χ4n) is 4.09. The molecule has 6 nitrogen and oxygen atoms in total. The van der Waals surface area contributed by atoms with E-state index in [2.05, 4.69) is 45.3 Å². The zero-order valence-corrected chi connectivity index (χ0v) is 15.6. The molecule has 3 aromatic rings. The normalized spacial score (nSPS) is 16.5. The van der Waals surface area contributed by atoms with E-state index in [0.717, 1.165) is 44.7 Å². The SMILES string of the molecule is CCn1c(CC2CCN(Cc3cc4ccccc4[nH]3)CC2)nn(C)c1=O. The van der Waals surface area contributed by atoms with E-state index in [1.54, 1.807) is 11.6 Å². The van der Waals surface area contributed by atoms with Crippen molar-refractivity contribution in [2.45, 2.75) is 39.3 Å². The average molecular weight is 353 g/mol. The molecule has 0 unspecified atom stereocenters. The maximum atomic E-state index is 12.0. The van der Waals surface area contributed by atoms with Gasteiger partial charge in [0.15, 0.2) is 0 Å². The van der Waals surface area contributed by atoms with Crippen molar-refractivity contribution in [3.63, 3.8) is 0 Å². The molecule has 26 heavy (non-hydrogen) atoms. The van der Waals surface area contributed by atoms with Crippen LogP contribution in [-0.4, -0.2) is 37.3 Å². The first-order valence-corrected chi connectivity index (χ1v) is 9.55. The summed E-state index contributed by atoms with van der Waals surface area (Å²) < 4.78 is 3.26. The van der Waals surface area contributed by atoms with Gasteiger partial charge in [-0.05, 0) is 56.3 Å². The Bertz CT molecular complexity index is 910. The van der Waals surface area contributed by atoms with Crippen LogP contribution in [-0.2, 0) is 26.6 Å². The highest BCUT2D eigenvalue weighted by atomic mass is 16.2. The Labute approximate surface area is 153 Å². The van der Waals surface area contributed by atoms with Crippen LogP contribution in [0.5, 0.6) is 0 Å². The maximum Gasteiger partial charge on any atom is 0.345 e. The minimum atomic E-state index is -0.00116. The Morgan fingerprint density at radius 2 is 2.00 bits per heavy atom. The number of piperidine rings is 1. The van der Waals surface area contributed by atoms with Crippen LogP contribution >= 0.6 is 0 Å². The number of para-hydroxylation sites is 1. The average Bonchev–Trinajstić information content (AvgIpc) is 3.17. The number of fused-ring (bicyclic) bond motifs is 1. The number of H-pyrrole nitrogens is 1. The van der Waals surface area contributed by atoms with Gasteiger partial charge in [0.2, 0.25) is 0 Å². The minimum Gasteiger partial charge on any atom is -0.357 e. The van der Waals surface area contributed by atoms with E-state index in [4.69, 9.17) is 0 Å². The van der Waals surface area contributed by atoms with Gasteiger partial charge in [0.25, 0.3) is 0 Å². The summed E-state index contributed by atoms with van der Waals surface area (Å²) in [6.45, 7) is 5.88. The third kappa shape index (κ3) is 3.33. The zero-order chi connectivity index (χ0) is 18.1. The van der Waals surface area contributed by atoms with E-state index < -0.39 is 0 Å². The molecule has 1 saturated heterocycles. The molecule has 1 aromatic carbocycles. The molecule has 2 aromatic heterocycles. The Morgan fingerprint density at radius 3 is 2.73 bits per heavy atom. The molecule has 138 valence electrons. The first-order valence-electron chi connectivity index (χ1n) is 9.55. The van der Waals surface area contributed by atoms with Crippen LogP contribution in [0.4, 0.5) is 0 Å². The van der Waals surface area contributed by atoms with Gasteiger partial charge in [-0.1, -0.05) is 18.2 Å². The number of nitrogens with zero attached hydrogens (tertiary/aromatic N) is 4. The molecule has 1 fully saturated rings. The van der Waals surface area contributed by atoms with E-state index in [-0.39, 0.29) is 5.69 Å². The molecular formula is C20H27N5O. The molecule has 0 amide bonds. The van der Waals surface area contributed by atoms with E-state index >= 15 is 0 Å². The third-order valence-electron chi connectivity index (χ3n) is 5.56. The largest absolute Gasteiger partial charge is 0.357 e. The number of hydrogen-bond donors (Lipinski definition) is 1. The Balaban J connectivity index is 1.35. The predicted molar refractivity (Wildman–Crippen MR) is 103 cm³/mol. The van der Waals surface area contributed by atoms with Crippen LogP contribution in [0.25, 0.3) is 10.9 Å². The molecule has 0 spiro atoms. The van der Waals surface area contributed by atoms with E-state index in [1.807, 2.05) is 6.92 Å². The van der Waals surface area contributed by atoms with Gasteiger partial charge in [-0.25, -0.2) is 9.48 Å². The summed E-state index contributed by atoms with van der Waals surface area (Å²) in [4.78, 5) is 18.1. The topological polar surface area (TPSA) is 58.9 Å². The Hall–Kier alpha value is -2.34. The molecule has 4 rings (SSSR count). The monoisotopic (exact) mass is 353 g/mol. The van der Waals surface area contributed by atoms with Gasteiger partial charge in [-0.15, -0.1) is 0 Å². The van der Waals surface area contributed by atoms with Crippen LogP contribution in [0.1, 0.15) is 31.3 Å². The Morgan fingerprint density at radius 1 is 1.23 bits per heavy atom. The van der Waals surface area contributed by atoms with Crippen molar-refractivity contribution < 1.29 is 0 Å². The molecule has 1 N–H and O–H groups in total. The minimum absolute atomic E-state index is 0.00116. The summed E-state index contributed by atoms with van der Waals surface area (Å²) in [5.74, 6) is 1.55. The second kappa shape index (κ2) is 7.11. The second-order valence-electron chi connectivity index (χ2n) is 7.37. The number of aromatic nitrogens is 4. The second-order valence-corrected chi connectivity index (χ2v) is 7.37. The lowest BCUT2D eigenvalue weighted by Gasteiger charge is -2.31. The number of nitrogens with one attached hydrogen (secondary N) is 1. The van der Waals surface area contributed by atoms with E-state index in [0.29, 0.717) is 12.5 Å². The Kier molecular flexibility index (Phi) is 4.68. The number of aryl methyl sites for hydroxylation is 1. The van der Waals surface area contributed by atoms with Crippen LogP contribution < -0.4 is 5.69 Å². The van der Waals surface area contributed by atoms with Gasteiger partial charge in [-0.3, -0.25) is 9.47 Å². The molecule has 6 heteroatoms. The summed E-state index contributed by atoms with van der Waals surface area (Å²) in [5.41, 5.74) is 2.50. The highest BCUT2D eigenvalue weighted by Gasteiger charge is 2.22. The maximum absolute atomic E-state index is 12.0. The number of aromatic amines is 1. The third-order valence-corrected chi connectivity index (χ3v) is 5.56. The lowest BCUT2D eigenvalue weighted by molar-refractivity contribution is 0.174. The molecule has 0 atom stereocenters. The van der Waals surface area contributed by atoms with Crippen molar-refractivity contribution in [3.8, 4) is 0 Å². The number of benzene rings is 1. The van der Waals surface area contributed by atoms with Crippen LogP contribution in [0.2, 0.25) is 0 Å². The zero-order valence-electron chi connectivity index (χ0n) is 15.6. The van der Waals surface area contributed by atoms with Crippen molar-refractivity contribution in [1.29, 1.82) is 0 Å². The number of likely N-dealkylation sites (tertiary alicyclic amines) is 1. The summed E-state index contributed by atoms with van der Waals surface area (Å²) in [7, 11) is 1.74. The van der Waals surface area contributed by atoms with Gasteiger partial charge in [0, 0.05) is 37.8 Å². The van der Waals surface area contributed by atoms with Gasteiger partial charge >= 0.3 is 5.69 Å². The van der Waals surface area contributed by atoms with E-state index in [1.165, 1.54) is 21.3 Å². The number of rotatable bonds is 5. The van der Waals surface area contributed by atoms with E-state index in [9.17, 15) is 4.79 Å². The van der Waals surface area contributed by atoms with Crippen molar-refractivity contribution in [1.82, 2.24) is 24.2 Å². The highest BCUT2D eigenvalue weighted by molar-refractivity contribution is 5.80. The predicted octanol–water partition coefficient (Wildman–Crippen LogP) is 2.54. The fourth-order valence-corrected chi connectivity index (χ4v) is 4.09. The summed E-state index contributed by atoms with van der Waals surface area (Å²) in [6, 6.07) is 10.7. The molecule has 3 heterocycles. The lowest BCUT2D eigenvalue weighted by atomic mass is 9.93. The number of hydrogen-bond acceptors (Lipinski definition) is 3. The van der Waals surface area contributed by atoms with Crippen molar-refractivity contribution >= 4 is 10.9 Å². The first kappa shape index (κ1) is 17.1. The molecule has 0 saturated carbocycles. The highest BCUT2D eigenvalue weighted by Crippen LogP contribution is 2.23. The van der Waals surface area contributed by atoms with Crippen molar-refractivity contribution in [2.24, 2.45) is 13.0 Å². The van der Waals surface area contributed by atoms with Crippen molar-refractivity contribution in [3.05, 3.63) is 52.3 Å². The smallest absolute Gasteiger partial charge is 0.345 e. The fraction of sp³-hybridized carbons (Fsp3) is 0.500. The van der Waals surface area contributed by atoms with Gasteiger partial charge < -0.3 is 4.98 Å².